The molecule has 0 spiro atoms. The van der Waals surface area contributed by atoms with Gasteiger partial charge in [-0.1, -0.05) is 46.3 Å². The second kappa shape index (κ2) is 7.40. The van der Waals surface area contributed by atoms with E-state index in [1.807, 2.05) is 37.3 Å². The molecule has 0 aliphatic carbocycles. The summed E-state index contributed by atoms with van der Waals surface area (Å²) in [6.45, 7) is 4.83. The smallest absolute Gasteiger partial charge is 0.249 e. The SMILES string of the molecule is Cc1ccc(Nc2nncc(NCc3ccccc3C)n2)cc1Br. The molecule has 0 aliphatic heterocycles. The standard InChI is InChI=1S/C18H18BrN5/c1-12-5-3-4-6-14(12)10-20-17-11-21-24-18(23-17)22-15-8-7-13(2)16(19)9-15/h3-9,11H,10H2,1-2H3,(H2,20,22,23,24). The van der Waals surface area contributed by atoms with Crippen molar-refractivity contribution in [3.05, 3.63) is 69.8 Å². The fraction of sp³-hybridized carbons (Fsp3) is 0.167. The summed E-state index contributed by atoms with van der Waals surface area (Å²) in [6, 6.07) is 14.3. The van der Waals surface area contributed by atoms with Crippen molar-refractivity contribution in [2.75, 3.05) is 10.6 Å². The Morgan fingerprint density at radius 2 is 1.88 bits per heavy atom. The Balaban J connectivity index is 1.69. The number of aromatic nitrogens is 3. The molecule has 2 aromatic carbocycles. The van der Waals surface area contributed by atoms with E-state index in [4.69, 9.17) is 0 Å². The molecular formula is C18H18BrN5. The van der Waals surface area contributed by atoms with Crippen LogP contribution in [0.25, 0.3) is 0 Å². The highest BCUT2D eigenvalue weighted by atomic mass is 79.9. The normalized spacial score (nSPS) is 10.5. The molecule has 0 unspecified atom stereocenters. The Kier molecular flexibility index (Phi) is 5.05. The first-order chi connectivity index (χ1) is 11.6. The van der Waals surface area contributed by atoms with Crippen LogP contribution in [0.1, 0.15) is 16.7 Å². The van der Waals surface area contributed by atoms with E-state index in [2.05, 4.69) is 60.8 Å². The van der Waals surface area contributed by atoms with Crippen molar-refractivity contribution in [1.82, 2.24) is 15.2 Å². The van der Waals surface area contributed by atoms with Crippen molar-refractivity contribution >= 4 is 33.4 Å². The first kappa shape index (κ1) is 16.4. The van der Waals surface area contributed by atoms with E-state index in [1.165, 1.54) is 16.7 Å². The molecule has 5 nitrogen and oxygen atoms in total. The molecule has 6 heteroatoms. The van der Waals surface area contributed by atoms with Gasteiger partial charge in [0.15, 0.2) is 5.82 Å². The highest BCUT2D eigenvalue weighted by molar-refractivity contribution is 9.10. The van der Waals surface area contributed by atoms with Crippen molar-refractivity contribution in [2.24, 2.45) is 0 Å². The number of benzene rings is 2. The molecule has 1 heterocycles. The molecule has 0 atom stereocenters. The van der Waals surface area contributed by atoms with Gasteiger partial charge < -0.3 is 10.6 Å². The zero-order chi connectivity index (χ0) is 16.9. The number of nitrogens with one attached hydrogen (secondary N) is 2. The summed E-state index contributed by atoms with van der Waals surface area (Å²) in [7, 11) is 0. The molecule has 0 aliphatic rings. The molecular weight excluding hydrogens is 366 g/mol. The van der Waals surface area contributed by atoms with Crippen LogP contribution < -0.4 is 10.6 Å². The van der Waals surface area contributed by atoms with Crippen molar-refractivity contribution in [3.63, 3.8) is 0 Å². The van der Waals surface area contributed by atoms with Gasteiger partial charge in [0, 0.05) is 16.7 Å². The zero-order valence-corrected chi connectivity index (χ0v) is 15.1. The summed E-state index contributed by atoms with van der Waals surface area (Å²) in [6.07, 6.45) is 1.62. The first-order valence-electron chi connectivity index (χ1n) is 7.63. The number of aryl methyl sites for hydroxylation is 2. The van der Waals surface area contributed by atoms with Gasteiger partial charge in [0.05, 0.1) is 6.20 Å². The highest BCUT2D eigenvalue weighted by Crippen LogP contribution is 2.22. The van der Waals surface area contributed by atoms with E-state index >= 15 is 0 Å². The minimum Gasteiger partial charge on any atom is -0.365 e. The highest BCUT2D eigenvalue weighted by Gasteiger charge is 2.04. The minimum atomic E-state index is 0.459. The van der Waals surface area contributed by atoms with Crippen LogP contribution in [0.2, 0.25) is 0 Å². The molecule has 0 amide bonds. The Hall–Kier alpha value is -2.47. The van der Waals surface area contributed by atoms with Crippen LogP contribution in [-0.4, -0.2) is 15.2 Å². The number of hydrogen-bond acceptors (Lipinski definition) is 5. The van der Waals surface area contributed by atoms with Gasteiger partial charge in [0.25, 0.3) is 0 Å². The molecule has 0 fully saturated rings. The maximum Gasteiger partial charge on any atom is 0.249 e. The van der Waals surface area contributed by atoms with Crippen LogP contribution in [0, 0.1) is 13.8 Å². The van der Waals surface area contributed by atoms with E-state index in [0.717, 1.165) is 10.2 Å². The molecule has 2 N–H and O–H groups in total. The van der Waals surface area contributed by atoms with Gasteiger partial charge in [0.2, 0.25) is 5.95 Å². The lowest BCUT2D eigenvalue weighted by molar-refractivity contribution is 0.964. The average Bonchev–Trinajstić information content (AvgIpc) is 2.58. The molecule has 24 heavy (non-hydrogen) atoms. The van der Waals surface area contributed by atoms with Gasteiger partial charge in [-0.3, -0.25) is 0 Å². The maximum atomic E-state index is 4.45. The van der Waals surface area contributed by atoms with Crippen molar-refractivity contribution < 1.29 is 0 Å². The third kappa shape index (κ3) is 4.08. The third-order valence-electron chi connectivity index (χ3n) is 3.71. The molecule has 0 saturated heterocycles. The fourth-order valence-electron chi connectivity index (χ4n) is 2.24. The lowest BCUT2D eigenvalue weighted by Crippen LogP contribution is -2.06. The number of rotatable bonds is 5. The minimum absolute atomic E-state index is 0.459. The van der Waals surface area contributed by atoms with E-state index < -0.39 is 0 Å². The first-order valence-corrected chi connectivity index (χ1v) is 8.42. The summed E-state index contributed by atoms with van der Waals surface area (Å²) in [4.78, 5) is 4.45. The van der Waals surface area contributed by atoms with Gasteiger partial charge in [-0.15, -0.1) is 5.10 Å². The van der Waals surface area contributed by atoms with Crippen LogP contribution in [0.3, 0.4) is 0 Å². The zero-order valence-electron chi connectivity index (χ0n) is 13.5. The van der Waals surface area contributed by atoms with Gasteiger partial charge in [-0.25, -0.2) is 0 Å². The van der Waals surface area contributed by atoms with Crippen molar-refractivity contribution in [3.8, 4) is 0 Å². The van der Waals surface area contributed by atoms with Crippen LogP contribution in [0.4, 0.5) is 17.5 Å². The van der Waals surface area contributed by atoms with E-state index in [-0.39, 0.29) is 0 Å². The topological polar surface area (TPSA) is 62.7 Å². The van der Waals surface area contributed by atoms with Crippen LogP contribution >= 0.6 is 15.9 Å². The second-order valence-corrected chi connectivity index (χ2v) is 6.39. The van der Waals surface area contributed by atoms with Crippen LogP contribution in [0.5, 0.6) is 0 Å². The molecule has 122 valence electrons. The van der Waals surface area contributed by atoms with Crippen LogP contribution in [0.15, 0.2) is 53.1 Å². The Morgan fingerprint density at radius 3 is 2.67 bits per heavy atom. The number of hydrogen-bond donors (Lipinski definition) is 2. The predicted molar refractivity (Wildman–Crippen MR) is 100 cm³/mol. The summed E-state index contributed by atoms with van der Waals surface area (Å²) >= 11 is 3.52. The second-order valence-electron chi connectivity index (χ2n) is 5.53. The quantitative estimate of drug-likeness (QED) is 0.673. The van der Waals surface area contributed by atoms with Crippen molar-refractivity contribution in [2.45, 2.75) is 20.4 Å². The lowest BCUT2D eigenvalue weighted by Gasteiger charge is -2.10. The molecule has 1 aromatic heterocycles. The summed E-state index contributed by atoms with van der Waals surface area (Å²) in [5, 5.41) is 14.5. The van der Waals surface area contributed by atoms with Gasteiger partial charge in [0.1, 0.15) is 0 Å². The average molecular weight is 384 g/mol. The Bertz CT molecular complexity index is 850. The largest absolute Gasteiger partial charge is 0.365 e. The lowest BCUT2D eigenvalue weighted by atomic mass is 10.1. The summed E-state index contributed by atoms with van der Waals surface area (Å²) < 4.78 is 1.04. The van der Waals surface area contributed by atoms with Crippen molar-refractivity contribution in [1.29, 1.82) is 0 Å². The third-order valence-corrected chi connectivity index (χ3v) is 4.56. The predicted octanol–water partition coefficient (Wildman–Crippen LogP) is 4.61. The fourth-order valence-corrected chi connectivity index (χ4v) is 2.61. The number of nitrogens with zero attached hydrogens (tertiary/aromatic N) is 3. The van der Waals surface area contributed by atoms with Gasteiger partial charge >= 0.3 is 0 Å². The van der Waals surface area contributed by atoms with Gasteiger partial charge in [-0.05, 0) is 42.7 Å². The monoisotopic (exact) mass is 383 g/mol. The van der Waals surface area contributed by atoms with Gasteiger partial charge in [-0.2, -0.15) is 10.1 Å². The molecule has 0 bridgehead atoms. The summed E-state index contributed by atoms with van der Waals surface area (Å²) in [5.41, 5.74) is 4.56. The molecule has 0 saturated carbocycles. The molecule has 3 rings (SSSR count). The van der Waals surface area contributed by atoms with E-state index in [9.17, 15) is 0 Å². The van der Waals surface area contributed by atoms with E-state index in [0.29, 0.717) is 18.3 Å². The maximum absolute atomic E-state index is 4.45. The molecule has 3 aromatic rings. The number of anilines is 3. The Morgan fingerprint density at radius 1 is 1.04 bits per heavy atom. The Labute approximate surface area is 149 Å². The van der Waals surface area contributed by atoms with E-state index in [1.54, 1.807) is 6.20 Å². The summed E-state index contributed by atoms with van der Waals surface area (Å²) in [5.74, 6) is 1.14. The number of halogens is 1. The van der Waals surface area contributed by atoms with Crippen LogP contribution in [-0.2, 0) is 6.54 Å². The molecule has 0 radical (unpaired) electrons.